The van der Waals surface area contributed by atoms with E-state index in [0.29, 0.717) is 0 Å². The number of carbonyl (C=O) groups excluding carboxylic acids is 2. The molecule has 0 radical (unpaired) electrons. The van der Waals surface area contributed by atoms with Gasteiger partial charge >= 0.3 is 0 Å². The van der Waals surface area contributed by atoms with Crippen molar-refractivity contribution in [2.75, 3.05) is 17.1 Å². The Morgan fingerprint density at radius 3 is 2.21 bits per heavy atom. The van der Waals surface area contributed by atoms with Crippen LogP contribution in [0.1, 0.15) is 33.3 Å². The van der Waals surface area contributed by atoms with E-state index in [1.165, 1.54) is 23.1 Å². The summed E-state index contributed by atoms with van der Waals surface area (Å²) in [6.45, 7) is 6.67. The van der Waals surface area contributed by atoms with Crippen molar-refractivity contribution in [3.63, 3.8) is 0 Å². The lowest BCUT2D eigenvalue weighted by Crippen LogP contribution is -2.54. The summed E-state index contributed by atoms with van der Waals surface area (Å²) in [6, 6.07) is 10.8. The fourth-order valence-corrected chi connectivity index (χ4v) is 4.67. The van der Waals surface area contributed by atoms with Crippen LogP contribution >= 0.6 is 39.1 Å². The predicted molar refractivity (Wildman–Crippen MR) is 141 cm³/mol. The number of anilines is 1. The van der Waals surface area contributed by atoms with Gasteiger partial charge in [-0.25, -0.2) is 8.42 Å². The molecule has 1 unspecified atom stereocenters. The Morgan fingerprint density at radius 1 is 1.09 bits per heavy atom. The Labute approximate surface area is 219 Å². The van der Waals surface area contributed by atoms with Gasteiger partial charge in [-0.3, -0.25) is 13.9 Å². The summed E-state index contributed by atoms with van der Waals surface area (Å²) in [7, 11) is -3.90. The maximum atomic E-state index is 13.5. The number of halogens is 3. The van der Waals surface area contributed by atoms with Crippen molar-refractivity contribution in [3.8, 4) is 0 Å². The van der Waals surface area contributed by atoms with Gasteiger partial charge in [0.05, 0.1) is 17.0 Å². The molecule has 186 valence electrons. The van der Waals surface area contributed by atoms with Crippen LogP contribution in [0.5, 0.6) is 0 Å². The van der Waals surface area contributed by atoms with Gasteiger partial charge in [0.1, 0.15) is 12.6 Å². The molecule has 0 bridgehead atoms. The third-order valence-corrected chi connectivity index (χ3v) is 7.00. The molecule has 34 heavy (non-hydrogen) atoms. The first kappa shape index (κ1) is 28.4. The topological polar surface area (TPSA) is 86.8 Å². The second-order valence-electron chi connectivity index (χ2n) is 8.93. The second kappa shape index (κ2) is 11.3. The highest BCUT2D eigenvalue weighted by atomic mass is 79.9. The van der Waals surface area contributed by atoms with Crippen molar-refractivity contribution >= 4 is 66.7 Å². The van der Waals surface area contributed by atoms with Gasteiger partial charge in [0, 0.05) is 21.6 Å². The molecule has 7 nitrogen and oxygen atoms in total. The molecule has 2 aromatic rings. The van der Waals surface area contributed by atoms with E-state index in [1.54, 1.807) is 6.92 Å². The maximum absolute atomic E-state index is 13.5. The molecule has 2 aromatic carbocycles. The molecule has 1 atom stereocenters. The Hall–Kier alpha value is -1.81. The van der Waals surface area contributed by atoms with Crippen molar-refractivity contribution in [3.05, 3.63) is 62.5 Å². The highest BCUT2D eigenvalue weighted by Gasteiger charge is 2.32. The van der Waals surface area contributed by atoms with Crippen LogP contribution in [-0.2, 0) is 26.2 Å². The summed E-state index contributed by atoms with van der Waals surface area (Å²) in [5.74, 6) is -0.925. The Kier molecular flexibility index (Phi) is 9.44. The molecule has 2 amide bonds. The molecule has 0 aliphatic rings. The molecule has 0 spiro atoms. The Morgan fingerprint density at radius 2 is 1.68 bits per heavy atom. The molecule has 0 aliphatic heterocycles. The first-order valence-electron chi connectivity index (χ1n) is 10.4. The standard InChI is InChI=1S/C23H28BrCl2N3O4S/c1-15(22(31)27-23(2,3)4)28(13-16-6-8-17(24)9-7-16)21(30)14-29(34(5,32)33)20-12-18(25)10-11-19(20)26/h6-12,15H,13-14H2,1-5H3,(H,27,31). The first-order valence-corrected chi connectivity index (χ1v) is 13.8. The van der Waals surface area contributed by atoms with Gasteiger partial charge in [-0.05, 0) is 63.6 Å². The number of benzene rings is 2. The zero-order valence-electron chi connectivity index (χ0n) is 19.6. The van der Waals surface area contributed by atoms with Crippen LogP contribution in [0.25, 0.3) is 0 Å². The van der Waals surface area contributed by atoms with E-state index in [9.17, 15) is 18.0 Å². The third-order valence-electron chi connectivity index (χ3n) is 4.79. The second-order valence-corrected chi connectivity index (χ2v) is 12.6. The molecule has 0 saturated carbocycles. The normalized spacial score (nSPS) is 12.7. The van der Waals surface area contributed by atoms with Crippen LogP contribution in [0, 0.1) is 0 Å². The zero-order chi connectivity index (χ0) is 25.8. The highest BCUT2D eigenvalue weighted by Crippen LogP contribution is 2.31. The zero-order valence-corrected chi connectivity index (χ0v) is 23.5. The quantitative estimate of drug-likeness (QED) is 0.474. The summed E-state index contributed by atoms with van der Waals surface area (Å²) in [5.41, 5.74) is 0.351. The number of hydrogen-bond acceptors (Lipinski definition) is 4. The van der Waals surface area contributed by atoms with Crippen LogP contribution in [0.3, 0.4) is 0 Å². The van der Waals surface area contributed by atoms with Crippen molar-refractivity contribution < 1.29 is 18.0 Å². The summed E-state index contributed by atoms with van der Waals surface area (Å²) in [6.07, 6.45) is 0.978. The SMILES string of the molecule is CC(C(=O)NC(C)(C)C)N(Cc1ccc(Br)cc1)C(=O)CN(c1cc(Cl)ccc1Cl)S(C)(=O)=O. The number of hydrogen-bond donors (Lipinski definition) is 1. The minimum Gasteiger partial charge on any atom is -0.350 e. The average Bonchev–Trinajstić information content (AvgIpc) is 2.70. The number of sulfonamides is 1. The van der Waals surface area contributed by atoms with Crippen LogP contribution in [-0.4, -0.2) is 49.5 Å². The summed E-state index contributed by atoms with van der Waals surface area (Å²) in [5, 5.41) is 3.26. The minimum atomic E-state index is -3.90. The molecular formula is C23H28BrCl2N3O4S. The Balaban J connectivity index is 2.44. The third kappa shape index (κ3) is 8.15. The van der Waals surface area contributed by atoms with E-state index in [2.05, 4.69) is 21.2 Å². The van der Waals surface area contributed by atoms with E-state index < -0.39 is 34.1 Å². The van der Waals surface area contributed by atoms with E-state index in [0.717, 1.165) is 20.6 Å². The van der Waals surface area contributed by atoms with Gasteiger partial charge in [0.2, 0.25) is 21.8 Å². The highest BCUT2D eigenvalue weighted by molar-refractivity contribution is 9.10. The van der Waals surface area contributed by atoms with E-state index in [4.69, 9.17) is 23.2 Å². The van der Waals surface area contributed by atoms with Gasteiger partial charge in [-0.15, -0.1) is 0 Å². The van der Waals surface area contributed by atoms with Gasteiger partial charge < -0.3 is 10.2 Å². The van der Waals surface area contributed by atoms with Crippen LogP contribution in [0.15, 0.2) is 46.9 Å². The monoisotopic (exact) mass is 591 g/mol. The average molecular weight is 593 g/mol. The van der Waals surface area contributed by atoms with Gasteiger partial charge in [0.15, 0.2) is 0 Å². The fraction of sp³-hybridized carbons (Fsp3) is 0.391. The molecule has 0 heterocycles. The number of nitrogens with one attached hydrogen (secondary N) is 1. The number of nitrogens with zero attached hydrogens (tertiary/aromatic N) is 2. The van der Waals surface area contributed by atoms with Crippen LogP contribution in [0.2, 0.25) is 10.0 Å². The van der Waals surface area contributed by atoms with E-state index in [-0.39, 0.29) is 28.2 Å². The molecule has 1 N–H and O–H groups in total. The summed E-state index contributed by atoms with van der Waals surface area (Å²) < 4.78 is 27.0. The molecule has 0 aliphatic carbocycles. The van der Waals surface area contributed by atoms with Gasteiger partial charge in [0.25, 0.3) is 0 Å². The van der Waals surface area contributed by atoms with Crippen molar-refractivity contribution in [2.45, 2.75) is 45.8 Å². The largest absolute Gasteiger partial charge is 0.350 e. The summed E-state index contributed by atoms with van der Waals surface area (Å²) in [4.78, 5) is 27.8. The minimum absolute atomic E-state index is 0.0837. The number of rotatable bonds is 8. The Bertz CT molecular complexity index is 1150. The lowest BCUT2D eigenvalue weighted by molar-refractivity contribution is -0.140. The molecule has 0 fully saturated rings. The molecule has 0 saturated heterocycles. The molecule has 11 heteroatoms. The van der Waals surface area contributed by atoms with Crippen molar-refractivity contribution in [1.29, 1.82) is 0 Å². The fourth-order valence-electron chi connectivity index (χ4n) is 3.11. The lowest BCUT2D eigenvalue weighted by Gasteiger charge is -2.33. The van der Waals surface area contributed by atoms with Gasteiger partial charge in [-0.1, -0.05) is 51.3 Å². The van der Waals surface area contributed by atoms with E-state index in [1.807, 2.05) is 45.0 Å². The smallest absolute Gasteiger partial charge is 0.244 e. The van der Waals surface area contributed by atoms with Crippen LogP contribution in [0.4, 0.5) is 5.69 Å². The van der Waals surface area contributed by atoms with Crippen molar-refractivity contribution in [2.24, 2.45) is 0 Å². The maximum Gasteiger partial charge on any atom is 0.244 e. The lowest BCUT2D eigenvalue weighted by atomic mass is 10.1. The van der Waals surface area contributed by atoms with Crippen LogP contribution < -0.4 is 9.62 Å². The molecule has 2 rings (SSSR count). The number of amides is 2. The number of carbonyl (C=O) groups is 2. The van der Waals surface area contributed by atoms with E-state index >= 15 is 0 Å². The molecular weight excluding hydrogens is 565 g/mol. The van der Waals surface area contributed by atoms with Crippen molar-refractivity contribution in [1.82, 2.24) is 10.2 Å². The van der Waals surface area contributed by atoms with Gasteiger partial charge in [-0.2, -0.15) is 0 Å². The molecule has 0 aromatic heterocycles. The first-order chi connectivity index (χ1) is 15.6. The summed E-state index contributed by atoms with van der Waals surface area (Å²) >= 11 is 15.7. The predicted octanol–water partition coefficient (Wildman–Crippen LogP) is 4.85.